The van der Waals surface area contributed by atoms with Crippen molar-refractivity contribution in [2.75, 3.05) is 6.54 Å². The number of rotatable bonds is 8. The minimum absolute atomic E-state index is 0.182. The molecule has 0 unspecified atom stereocenters. The molecule has 0 aliphatic rings. The average Bonchev–Trinajstić information content (AvgIpc) is 2.78. The Balaban J connectivity index is 1.49. The topological polar surface area (TPSA) is 79.8 Å². The fourth-order valence-electron chi connectivity index (χ4n) is 2.64. The van der Waals surface area contributed by atoms with E-state index in [4.69, 9.17) is 16.3 Å². The van der Waals surface area contributed by atoms with Crippen molar-refractivity contribution < 1.29 is 14.3 Å². The Morgan fingerprint density at radius 1 is 1.00 bits per heavy atom. The van der Waals surface area contributed by atoms with E-state index in [9.17, 15) is 9.59 Å². The van der Waals surface area contributed by atoms with Crippen molar-refractivity contribution in [3.8, 4) is 5.75 Å². The zero-order chi connectivity index (χ0) is 22.1. The number of carbonyl (C=O) groups excluding carboxylic acids is 2. The van der Waals surface area contributed by atoms with Crippen LogP contribution < -0.4 is 15.5 Å². The summed E-state index contributed by atoms with van der Waals surface area (Å²) in [6.07, 6.45) is 1.50. The summed E-state index contributed by atoms with van der Waals surface area (Å²) in [4.78, 5) is 24.0. The molecule has 0 heterocycles. The Kier molecular flexibility index (Phi) is 7.79. The van der Waals surface area contributed by atoms with E-state index in [1.165, 1.54) is 6.21 Å². The Bertz CT molecular complexity index is 1060. The van der Waals surface area contributed by atoms with Gasteiger partial charge in [-0.2, -0.15) is 5.10 Å². The molecular weight excluding hydrogens is 414 g/mol. The molecule has 0 aliphatic heterocycles. The van der Waals surface area contributed by atoms with Gasteiger partial charge in [0.25, 0.3) is 11.8 Å². The highest BCUT2D eigenvalue weighted by Gasteiger charge is 2.07. The van der Waals surface area contributed by atoms with E-state index in [1.54, 1.807) is 24.3 Å². The molecule has 3 aromatic rings. The molecule has 0 bridgehead atoms. The molecule has 7 heteroatoms. The second kappa shape index (κ2) is 10.9. The quantitative estimate of drug-likeness (QED) is 0.413. The lowest BCUT2D eigenvalue weighted by Gasteiger charge is -2.09. The van der Waals surface area contributed by atoms with E-state index >= 15 is 0 Å². The number of hydrogen-bond donors (Lipinski definition) is 2. The molecule has 0 atom stereocenters. The maximum atomic E-state index is 12.1. The van der Waals surface area contributed by atoms with Crippen LogP contribution in [0.4, 0.5) is 0 Å². The third-order valence-corrected chi connectivity index (χ3v) is 4.59. The van der Waals surface area contributed by atoms with Crippen molar-refractivity contribution >= 4 is 29.6 Å². The number of hydrogen-bond acceptors (Lipinski definition) is 4. The van der Waals surface area contributed by atoms with E-state index in [0.717, 1.165) is 11.1 Å². The van der Waals surface area contributed by atoms with Crippen LogP contribution in [0.15, 0.2) is 77.9 Å². The number of aryl methyl sites for hydroxylation is 1. The van der Waals surface area contributed by atoms with Gasteiger partial charge >= 0.3 is 0 Å². The summed E-state index contributed by atoms with van der Waals surface area (Å²) >= 11 is 5.90. The minimum atomic E-state index is -0.434. The van der Waals surface area contributed by atoms with Crippen LogP contribution in [0, 0.1) is 6.92 Å². The molecule has 6 nitrogen and oxygen atoms in total. The van der Waals surface area contributed by atoms with Gasteiger partial charge in [-0.15, -0.1) is 0 Å². The predicted molar refractivity (Wildman–Crippen MR) is 121 cm³/mol. The van der Waals surface area contributed by atoms with Gasteiger partial charge in [0.2, 0.25) is 0 Å². The summed E-state index contributed by atoms with van der Waals surface area (Å²) in [5.74, 6) is -0.125. The smallest absolute Gasteiger partial charge is 0.259 e. The van der Waals surface area contributed by atoms with E-state index in [0.29, 0.717) is 28.5 Å². The summed E-state index contributed by atoms with van der Waals surface area (Å²) < 4.78 is 5.85. The van der Waals surface area contributed by atoms with Gasteiger partial charge < -0.3 is 10.1 Å². The van der Waals surface area contributed by atoms with Crippen molar-refractivity contribution in [2.24, 2.45) is 5.10 Å². The van der Waals surface area contributed by atoms with Crippen LogP contribution in [0.3, 0.4) is 0 Å². The number of amides is 2. The minimum Gasteiger partial charge on any atom is -0.488 e. The second-order valence-electron chi connectivity index (χ2n) is 6.79. The Morgan fingerprint density at radius 3 is 2.45 bits per heavy atom. The number of carbonyl (C=O) groups is 2. The van der Waals surface area contributed by atoms with Gasteiger partial charge in [-0.1, -0.05) is 53.6 Å². The predicted octanol–water partition coefficient (Wildman–Crippen LogP) is 4.11. The summed E-state index contributed by atoms with van der Waals surface area (Å²) in [6, 6.07) is 21.8. The van der Waals surface area contributed by atoms with Crippen molar-refractivity contribution in [1.29, 1.82) is 0 Å². The zero-order valence-corrected chi connectivity index (χ0v) is 17.7. The van der Waals surface area contributed by atoms with Crippen LogP contribution in [0.2, 0.25) is 5.02 Å². The lowest BCUT2D eigenvalue weighted by Crippen LogP contribution is -2.34. The van der Waals surface area contributed by atoms with Crippen LogP contribution >= 0.6 is 11.6 Å². The number of para-hydroxylation sites is 1. The number of ether oxygens (including phenoxy) is 1. The van der Waals surface area contributed by atoms with Gasteiger partial charge in [-0.05, 0) is 48.9 Å². The fourth-order valence-corrected chi connectivity index (χ4v) is 2.77. The van der Waals surface area contributed by atoms with Crippen molar-refractivity contribution in [3.05, 3.63) is 100 Å². The lowest BCUT2D eigenvalue weighted by molar-refractivity contribution is -0.120. The van der Waals surface area contributed by atoms with Crippen molar-refractivity contribution in [1.82, 2.24) is 10.7 Å². The number of halogens is 1. The van der Waals surface area contributed by atoms with Crippen molar-refractivity contribution in [2.45, 2.75) is 13.5 Å². The van der Waals surface area contributed by atoms with Crippen LogP contribution in [0.1, 0.15) is 27.0 Å². The van der Waals surface area contributed by atoms with Crippen LogP contribution in [-0.4, -0.2) is 24.6 Å². The zero-order valence-electron chi connectivity index (χ0n) is 17.0. The van der Waals surface area contributed by atoms with Crippen LogP contribution in [0.5, 0.6) is 5.75 Å². The first kappa shape index (κ1) is 22.1. The molecule has 3 aromatic carbocycles. The molecular formula is C24H22ClN3O3. The highest BCUT2D eigenvalue weighted by Crippen LogP contribution is 2.18. The molecule has 3 rings (SSSR count). The molecule has 0 aliphatic carbocycles. The lowest BCUT2D eigenvalue weighted by atomic mass is 10.1. The number of benzene rings is 3. The Labute approximate surface area is 185 Å². The third-order valence-electron chi connectivity index (χ3n) is 4.34. The monoisotopic (exact) mass is 435 g/mol. The largest absolute Gasteiger partial charge is 0.488 e. The molecule has 31 heavy (non-hydrogen) atoms. The maximum absolute atomic E-state index is 12.1. The molecule has 0 fully saturated rings. The molecule has 2 N–H and O–H groups in total. The summed E-state index contributed by atoms with van der Waals surface area (Å²) in [7, 11) is 0. The molecule has 158 valence electrons. The number of hydrazone groups is 1. The molecule has 0 spiro atoms. The normalized spacial score (nSPS) is 10.6. The van der Waals surface area contributed by atoms with Gasteiger partial charge in [-0.3, -0.25) is 9.59 Å². The van der Waals surface area contributed by atoms with Gasteiger partial charge in [-0.25, -0.2) is 5.43 Å². The van der Waals surface area contributed by atoms with Gasteiger partial charge in [0.1, 0.15) is 12.4 Å². The highest BCUT2D eigenvalue weighted by atomic mass is 35.5. The maximum Gasteiger partial charge on any atom is 0.259 e. The summed E-state index contributed by atoms with van der Waals surface area (Å²) in [5.41, 5.74) is 5.64. The first-order chi connectivity index (χ1) is 15.0. The molecule has 0 saturated heterocycles. The van der Waals surface area contributed by atoms with E-state index in [2.05, 4.69) is 15.8 Å². The fraction of sp³-hybridized carbons (Fsp3) is 0.125. The Hall–Kier alpha value is -3.64. The molecule has 2 amide bonds. The van der Waals surface area contributed by atoms with Gasteiger partial charge in [0.15, 0.2) is 0 Å². The van der Waals surface area contributed by atoms with Crippen LogP contribution in [0.25, 0.3) is 0 Å². The van der Waals surface area contributed by atoms with Crippen LogP contribution in [-0.2, 0) is 11.4 Å². The molecule has 0 aromatic heterocycles. The van der Waals surface area contributed by atoms with Gasteiger partial charge in [0.05, 0.1) is 12.8 Å². The highest BCUT2D eigenvalue weighted by molar-refractivity contribution is 6.30. The standard InChI is InChI=1S/C24H22ClN3O3/c1-17-6-10-19(11-7-17)24(30)26-15-23(29)28-27-14-20-4-2-3-5-22(20)31-16-18-8-12-21(25)13-9-18/h2-14H,15-16H2,1H3,(H,26,30)(H,28,29)/b27-14+. The second-order valence-corrected chi connectivity index (χ2v) is 7.23. The summed E-state index contributed by atoms with van der Waals surface area (Å²) in [5, 5.41) is 7.19. The van der Waals surface area contributed by atoms with Gasteiger partial charge in [0, 0.05) is 16.1 Å². The molecule has 0 radical (unpaired) electrons. The SMILES string of the molecule is Cc1ccc(C(=O)NCC(=O)N/N=C/c2ccccc2OCc2ccc(Cl)cc2)cc1. The average molecular weight is 436 g/mol. The number of nitrogens with one attached hydrogen (secondary N) is 2. The molecule has 0 saturated carbocycles. The first-order valence-electron chi connectivity index (χ1n) is 9.64. The first-order valence-corrected chi connectivity index (χ1v) is 10.0. The Morgan fingerprint density at radius 2 is 1.71 bits per heavy atom. The number of nitrogens with zero attached hydrogens (tertiary/aromatic N) is 1. The van der Waals surface area contributed by atoms with E-state index in [-0.39, 0.29) is 12.5 Å². The summed E-state index contributed by atoms with van der Waals surface area (Å²) in [6.45, 7) is 2.13. The third kappa shape index (κ3) is 6.97. The van der Waals surface area contributed by atoms with Crippen molar-refractivity contribution in [3.63, 3.8) is 0 Å². The van der Waals surface area contributed by atoms with E-state index < -0.39 is 5.91 Å². The van der Waals surface area contributed by atoms with E-state index in [1.807, 2.05) is 55.5 Å².